The van der Waals surface area contributed by atoms with Crippen LogP contribution in [0.2, 0.25) is 0 Å². The molecule has 0 fully saturated rings. The van der Waals surface area contributed by atoms with Crippen LogP contribution >= 0.6 is 15.9 Å². The molecule has 0 aliphatic rings. The molecule has 0 spiro atoms. The Bertz CT molecular complexity index is 302. The van der Waals surface area contributed by atoms with E-state index in [1.807, 2.05) is 0 Å². The van der Waals surface area contributed by atoms with Gasteiger partial charge in [0.05, 0.1) is 0 Å². The third kappa shape index (κ3) is 2.39. The van der Waals surface area contributed by atoms with Gasteiger partial charge in [-0.1, -0.05) is 28.6 Å². The zero-order valence-corrected chi connectivity index (χ0v) is 8.77. The summed E-state index contributed by atoms with van der Waals surface area (Å²) in [6.45, 7) is 4.27. The van der Waals surface area contributed by atoms with Gasteiger partial charge in [0.1, 0.15) is 5.82 Å². The van der Waals surface area contributed by atoms with E-state index in [4.69, 9.17) is 5.73 Å². The molecule has 0 bridgehead atoms. The average Bonchev–Trinajstić information content (AvgIpc) is 2.04. The van der Waals surface area contributed by atoms with Gasteiger partial charge in [0.25, 0.3) is 0 Å². The van der Waals surface area contributed by atoms with Crippen molar-refractivity contribution in [3.8, 4) is 0 Å². The van der Waals surface area contributed by atoms with Crippen LogP contribution in [0.15, 0.2) is 29.3 Å². The summed E-state index contributed by atoms with van der Waals surface area (Å²) in [5.74, 6) is -0.257. The Balaban J connectivity index is 3.05. The molecule has 0 heterocycles. The SMILES string of the molecule is C=C(CCN)c1c(F)cccc1Br. The summed E-state index contributed by atoms with van der Waals surface area (Å²) < 4.78 is 14.0. The Labute approximate surface area is 85.6 Å². The highest BCUT2D eigenvalue weighted by atomic mass is 79.9. The minimum absolute atomic E-state index is 0.257. The molecular weight excluding hydrogens is 233 g/mol. The Morgan fingerprint density at radius 2 is 2.23 bits per heavy atom. The van der Waals surface area contributed by atoms with Crippen LogP contribution in [0.1, 0.15) is 12.0 Å². The lowest BCUT2D eigenvalue weighted by molar-refractivity contribution is 0.622. The summed E-state index contributed by atoms with van der Waals surface area (Å²) in [4.78, 5) is 0. The molecule has 3 heteroatoms. The van der Waals surface area contributed by atoms with Crippen LogP contribution in [0.25, 0.3) is 5.57 Å². The molecule has 0 aromatic heterocycles. The molecule has 0 atom stereocenters. The van der Waals surface area contributed by atoms with E-state index in [0.29, 0.717) is 18.5 Å². The van der Waals surface area contributed by atoms with E-state index < -0.39 is 0 Å². The van der Waals surface area contributed by atoms with Crippen LogP contribution in [0.3, 0.4) is 0 Å². The van der Waals surface area contributed by atoms with Crippen LogP contribution < -0.4 is 5.73 Å². The molecule has 0 saturated heterocycles. The average molecular weight is 244 g/mol. The maximum atomic E-state index is 13.3. The number of hydrogen-bond acceptors (Lipinski definition) is 1. The van der Waals surface area contributed by atoms with E-state index in [1.54, 1.807) is 12.1 Å². The minimum Gasteiger partial charge on any atom is -0.330 e. The summed E-state index contributed by atoms with van der Waals surface area (Å²) in [7, 11) is 0. The predicted molar refractivity (Wildman–Crippen MR) is 56.8 cm³/mol. The molecule has 1 aromatic carbocycles. The number of benzene rings is 1. The van der Waals surface area contributed by atoms with Crippen LogP contribution in [0.4, 0.5) is 4.39 Å². The van der Waals surface area contributed by atoms with E-state index in [0.717, 1.165) is 10.0 Å². The maximum absolute atomic E-state index is 13.3. The first kappa shape index (κ1) is 10.4. The first-order valence-electron chi connectivity index (χ1n) is 3.99. The first-order chi connectivity index (χ1) is 6.16. The summed E-state index contributed by atoms with van der Waals surface area (Å²) in [6.07, 6.45) is 0.611. The molecule has 13 heavy (non-hydrogen) atoms. The van der Waals surface area contributed by atoms with E-state index in [9.17, 15) is 4.39 Å². The Morgan fingerprint density at radius 1 is 1.54 bits per heavy atom. The van der Waals surface area contributed by atoms with Crippen LogP contribution in [0.5, 0.6) is 0 Å². The lowest BCUT2D eigenvalue weighted by Crippen LogP contribution is -2.01. The van der Waals surface area contributed by atoms with Gasteiger partial charge >= 0.3 is 0 Å². The van der Waals surface area contributed by atoms with Gasteiger partial charge < -0.3 is 5.73 Å². The molecule has 0 aliphatic carbocycles. The van der Waals surface area contributed by atoms with Crippen molar-refractivity contribution in [1.82, 2.24) is 0 Å². The molecule has 1 nitrogen and oxygen atoms in total. The third-order valence-electron chi connectivity index (χ3n) is 1.76. The van der Waals surface area contributed by atoms with Crippen LogP contribution in [0, 0.1) is 5.82 Å². The fourth-order valence-corrected chi connectivity index (χ4v) is 1.76. The second-order valence-corrected chi connectivity index (χ2v) is 3.59. The summed E-state index contributed by atoms with van der Waals surface area (Å²) in [5, 5.41) is 0. The fraction of sp³-hybridized carbons (Fsp3) is 0.200. The third-order valence-corrected chi connectivity index (χ3v) is 2.42. The highest BCUT2D eigenvalue weighted by molar-refractivity contribution is 9.10. The van der Waals surface area contributed by atoms with Gasteiger partial charge in [-0.2, -0.15) is 0 Å². The van der Waals surface area contributed by atoms with Gasteiger partial charge in [0.15, 0.2) is 0 Å². The smallest absolute Gasteiger partial charge is 0.131 e. The van der Waals surface area contributed by atoms with Crippen LogP contribution in [-0.2, 0) is 0 Å². The van der Waals surface area contributed by atoms with Crippen molar-refractivity contribution < 1.29 is 4.39 Å². The Kier molecular flexibility index (Phi) is 3.63. The van der Waals surface area contributed by atoms with Crippen molar-refractivity contribution >= 4 is 21.5 Å². The van der Waals surface area contributed by atoms with Crippen molar-refractivity contribution in [3.63, 3.8) is 0 Å². The summed E-state index contributed by atoms with van der Waals surface area (Å²) >= 11 is 3.28. The van der Waals surface area contributed by atoms with Crippen molar-refractivity contribution in [2.24, 2.45) is 5.73 Å². The second-order valence-electron chi connectivity index (χ2n) is 2.74. The number of rotatable bonds is 3. The number of halogens is 2. The standard InChI is InChI=1S/C10H11BrFN/c1-7(5-6-13)10-8(11)3-2-4-9(10)12/h2-4H,1,5-6,13H2. The van der Waals surface area contributed by atoms with Crippen molar-refractivity contribution in [2.45, 2.75) is 6.42 Å². The fourth-order valence-electron chi connectivity index (χ4n) is 1.13. The number of nitrogens with two attached hydrogens (primary N) is 1. The lowest BCUT2D eigenvalue weighted by atomic mass is 10.0. The van der Waals surface area contributed by atoms with Gasteiger partial charge in [-0.15, -0.1) is 0 Å². The molecule has 70 valence electrons. The quantitative estimate of drug-likeness (QED) is 0.869. The molecule has 2 N–H and O–H groups in total. The topological polar surface area (TPSA) is 26.0 Å². The Hall–Kier alpha value is -0.670. The first-order valence-corrected chi connectivity index (χ1v) is 4.78. The summed E-state index contributed by atoms with van der Waals surface area (Å²) in [5.41, 5.74) is 6.63. The molecule has 1 rings (SSSR count). The predicted octanol–water partition coefficient (Wildman–Crippen LogP) is 2.95. The lowest BCUT2D eigenvalue weighted by Gasteiger charge is -2.07. The van der Waals surface area contributed by atoms with Gasteiger partial charge in [0.2, 0.25) is 0 Å². The van der Waals surface area contributed by atoms with Gasteiger partial charge in [-0.3, -0.25) is 0 Å². The monoisotopic (exact) mass is 243 g/mol. The normalized spacial score (nSPS) is 10.1. The highest BCUT2D eigenvalue weighted by Gasteiger charge is 2.08. The molecule has 0 radical (unpaired) electrons. The van der Waals surface area contributed by atoms with Crippen molar-refractivity contribution in [1.29, 1.82) is 0 Å². The van der Waals surface area contributed by atoms with E-state index in [2.05, 4.69) is 22.5 Å². The van der Waals surface area contributed by atoms with Gasteiger partial charge in [-0.05, 0) is 30.7 Å². The minimum atomic E-state index is -0.257. The van der Waals surface area contributed by atoms with E-state index >= 15 is 0 Å². The van der Waals surface area contributed by atoms with Crippen LogP contribution in [-0.4, -0.2) is 6.54 Å². The molecule has 0 saturated carbocycles. The molecule has 0 unspecified atom stereocenters. The summed E-state index contributed by atoms with van der Waals surface area (Å²) in [6, 6.07) is 4.86. The van der Waals surface area contributed by atoms with Gasteiger partial charge in [-0.25, -0.2) is 4.39 Å². The van der Waals surface area contributed by atoms with E-state index in [-0.39, 0.29) is 5.82 Å². The maximum Gasteiger partial charge on any atom is 0.131 e. The largest absolute Gasteiger partial charge is 0.330 e. The highest BCUT2D eigenvalue weighted by Crippen LogP contribution is 2.27. The molecule has 0 amide bonds. The number of hydrogen-bond donors (Lipinski definition) is 1. The molecular formula is C10H11BrFN. The zero-order valence-electron chi connectivity index (χ0n) is 7.19. The van der Waals surface area contributed by atoms with Crippen molar-refractivity contribution in [2.75, 3.05) is 6.54 Å². The van der Waals surface area contributed by atoms with E-state index in [1.165, 1.54) is 6.07 Å². The molecule has 0 aliphatic heterocycles. The van der Waals surface area contributed by atoms with Gasteiger partial charge in [0, 0.05) is 10.0 Å². The van der Waals surface area contributed by atoms with Crippen molar-refractivity contribution in [3.05, 3.63) is 40.6 Å². The molecule has 1 aromatic rings. The second kappa shape index (κ2) is 4.53. The Morgan fingerprint density at radius 3 is 2.77 bits per heavy atom. The zero-order chi connectivity index (χ0) is 9.84.